The van der Waals surface area contributed by atoms with Crippen LogP contribution in [0.15, 0.2) is 30.6 Å². The van der Waals surface area contributed by atoms with Crippen molar-refractivity contribution in [2.45, 2.75) is 31.2 Å². The number of carbonyl (C=O) groups excluding carboxylic acids is 1. The molecule has 0 aromatic carbocycles. The van der Waals surface area contributed by atoms with E-state index in [2.05, 4.69) is 20.3 Å². The van der Waals surface area contributed by atoms with Crippen LogP contribution in [0.3, 0.4) is 0 Å². The van der Waals surface area contributed by atoms with Crippen molar-refractivity contribution in [2.24, 2.45) is 0 Å². The quantitative estimate of drug-likeness (QED) is 0.940. The molecule has 6 nitrogen and oxygen atoms in total. The van der Waals surface area contributed by atoms with Crippen LogP contribution < -0.4 is 5.32 Å². The molecule has 0 atom stereocenters. The molecule has 0 bridgehead atoms. The lowest BCUT2D eigenvalue weighted by atomic mass is 9.93. The SMILES string of the molecule is O=C(Nc1ccn(-c2ncccc2F)n1)C12CCCN1CCC2. The van der Waals surface area contributed by atoms with Crippen LogP contribution in [0.25, 0.3) is 5.82 Å². The average molecular weight is 315 g/mol. The summed E-state index contributed by atoms with van der Waals surface area (Å²) in [6, 6.07) is 4.52. The summed E-state index contributed by atoms with van der Waals surface area (Å²) in [4.78, 5) is 19.0. The Morgan fingerprint density at radius 2 is 2.04 bits per heavy atom. The van der Waals surface area contributed by atoms with Gasteiger partial charge in [0, 0.05) is 18.5 Å². The number of fused-ring (bicyclic) bond motifs is 1. The normalized spacial score (nSPS) is 19.7. The fourth-order valence-electron chi connectivity index (χ4n) is 3.76. The van der Waals surface area contributed by atoms with Crippen LogP contribution in [0.1, 0.15) is 25.7 Å². The third-order valence-electron chi connectivity index (χ3n) is 4.85. The number of hydrogen-bond donors (Lipinski definition) is 1. The van der Waals surface area contributed by atoms with Crippen LogP contribution in [0, 0.1) is 5.82 Å². The molecule has 1 amide bonds. The van der Waals surface area contributed by atoms with Gasteiger partial charge >= 0.3 is 0 Å². The number of amides is 1. The Morgan fingerprint density at radius 3 is 2.78 bits per heavy atom. The minimum absolute atomic E-state index is 0.000701. The van der Waals surface area contributed by atoms with E-state index in [4.69, 9.17) is 0 Å². The molecule has 4 heterocycles. The maximum atomic E-state index is 13.8. The van der Waals surface area contributed by atoms with Gasteiger partial charge < -0.3 is 5.32 Å². The van der Waals surface area contributed by atoms with Gasteiger partial charge in [-0.15, -0.1) is 5.10 Å². The van der Waals surface area contributed by atoms with Crippen molar-refractivity contribution in [3.05, 3.63) is 36.4 Å². The van der Waals surface area contributed by atoms with Crippen molar-refractivity contribution in [2.75, 3.05) is 18.4 Å². The molecule has 0 aliphatic carbocycles. The van der Waals surface area contributed by atoms with Gasteiger partial charge in [0.05, 0.1) is 0 Å². The summed E-state index contributed by atoms with van der Waals surface area (Å²) in [6.45, 7) is 1.97. The first-order valence-corrected chi connectivity index (χ1v) is 7.92. The van der Waals surface area contributed by atoms with Crippen LogP contribution in [0.2, 0.25) is 0 Å². The van der Waals surface area contributed by atoms with Crippen molar-refractivity contribution in [1.82, 2.24) is 19.7 Å². The van der Waals surface area contributed by atoms with E-state index < -0.39 is 5.82 Å². The molecular formula is C16H18FN5O. The van der Waals surface area contributed by atoms with Crippen LogP contribution in [-0.2, 0) is 4.79 Å². The Kier molecular flexibility index (Phi) is 3.37. The van der Waals surface area contributed by atoms with Crippen molar-refractivity contribution in [3.8, 4) is 5.82 Å². The average Bonchev–Trinajstić information content (AvgIpc) is 3.22. The van der Waals surface area contributed by atoms with E-state index in [1.165, 1.54) is 23.0 Å². The lowest BCUT2D eigenvalue weighted by Gasteiger charge is -2.29. The molecular weight excluding hydrogens is 297 g/mol. The van der Waals surface area contributed by atoms with Crippen molar-refractivity contribution < 1.29 is 9.18 Å². The fourth-order valence-corrected chi connectivity index (χ4v) is 3.76. The minimum Gasteiger partial charge on any atom is -0.308 e. The molecule has 2 saturated heterocycles. The van der Waals surface area contributed by atoms with E-state index in [1.807, 2.05) is 0 Å². The molecule has 120 valence electrons. The number of halogens is 1. The van der Waals surface area contributed by atoms with Crippen molar-refractivity contribution in [3.63, 3.8) is 0 Å². The highest BCUT2D eigenvalue weighted by Gasteiger charge is 2.50. The number of carbonyl (C=O) groups is 1. The summed E-state index contributed by atoms with van der Waals surface area (Å²) < 4.78 is 15.1. The largest absolute Gasteiger partial charge is 0.308 e. The van der Waals surface area contributed by atoms with Gasteiger partial charge in [0.25, 0.3) is 0 Å². The number of anilines is 1. The first kappa shape index (κ1) is 14.3. The summed E-state index contributed by atoms with van der Waals surface area (Å²) in [6.07, 6.45) is 7.01. The first-order chi connectivity index (χ1) is 11.2. The number of rotatable bonds is 3. The van der Waals surface area contributed by atoms with Gasteiger partial charge in [-0.1, -0.05) is 0 Å². The number of nitrogens with one attached hydrogen (secondary N) is 1. The smallest absolute Gasteiger partial charge is 0.246 e. The molecule has 2 aliphatic heterocycles. The molecule has 2 fully saturated rings. The number of hydrogen-bond acceptors (Lipinski definition) is 4. The molecule has 23 heavy (non-hydrogen) atoms. The van der Waals surface area contributed by atoms with Crippen molar-refractivity contribution >= 4 is 11.7 Å². The minimum atomic E-state index is -0.454. The van der Waals surface area contributed by atoms with Gasteiger partial charge in [0.1, 0.15) is 5.54 Å². The number of pyridine rings is 1. The molecule has 2 aromatic rings. The van der Waals surface area contributed by atoms with Gasteiger partial charge in [-0.2, -0.15) is 0 Å². The topological polar surface area (TPSA) is 63.1 Å². The summed E-state index contributed by atoms with van der Waals surface area (Å²) in [7, 11) is 0. The number of aromatic nitrogens is 3. The molecule has 2 aliphatic rings. The maximum absolute atomic E-state index is 13.8. The van der Waals surface area contributed by atoms with E-state index in [0.717, 1.165) is 38.8 Å². The lowest BCUT2D eigenvalue weighted by molar-refractivity contribution is -0.125. The van der Waals surface area contributed by atoms with E-state index in [9.17, 15) is 9.18 Å². The molecule has 0 spiro atoms. The fraction of sp³-hybridized carbons (Fsp3) is 0.438. The summed E-state index contributed by atoms with van der Waals surface area (Å²) >= 11 is 0. The summed E-state index contributed by atoms with van der Waals surface area (Å²) in [5, 5.41) is 7.12. The van der Waals surface area contributed by atoms with E-state index in [1.54, 1.807) is 12.3 Å². The second-order valence-electron chi connectivity index (χ2n) is 6.13. The second-order valence-corrected chi connectivity index (χ2v) is 6.13. The first-order valence-electron chi connectivity index (χ1n) is 7.92. The second kappa shape index (κ2) is 5.42. The Bertz CT molecular complexity index is 734. The molecule has 2 aromatic heterocycles. The summed E-state index contributed by atoms with van der Waals surface area (Å²) in [5.74, 6) is 0.0896. The monoisotopic (exact) mass is 315 g/mol. The van der Waals surface area contributed by atoms with Crippen LogP contribution in [0.5, 0.6) is 0 Å². The van der Waals surface area contributed by atoms with Crippen LogP contribution in [-0.4, -0.2) is 44.2 Å². The molecule has 0 radical (unpaired) electrons. The van der Waals surface area contributed by atoms with Gasteiger partial charge in [-0.25, -0.2) is 14.1 Å². The van der Waals surface area contributed by atoms with Gasteiger partial charge in [-0.05, 0) is 50.9 Å². The maximum Gasteiger partial charge on any atom is 0.246 e. The zero-order valence-corrected chi connectivity index (χ0v) is 12.7. The molecule has 1 N–H and O–H groups in total. The predicted octanol–water partition coefficient (Wildman–Crippen LogP) is 1.97. The predicted molar refractivity (Wildman–Crippen MR) is 82.7 cm³/mol. The molecule has 0 unspecified atom stereocenters. The molecule has 4 rings (SSSR count). The molecule has 7 heteroatoms. The third-order valence-corrected chi connectivity index (χ3v) is 4.85. The highest BCUT2D eigenvalue weighted by molar-refractivity contribution is 5.98. The standard InChI is InChI=1S/C16H18FN5O/c17-12-4-1-8-18-14(12)22-11-5-13(20-22)19-15(23)16-6-2-9-21(16)10-3-7-16/h1,4-5,8,11H,2-3,6-7,9-10H2,(H,19,20,23). The van der Waals surface area contributed by atoms with Crippen molar-refractivity contribution in [1.29, 1.82) is 0 Å². The summed E-state index contributed by atoms with van der Waals surface area (Å²) in [5.41, 5.74) is -0.375. The van der Waals surface area contributed by atoms with Gasteiger partial charge in [0.2, 0.25) is 5.91 Å². The molecule has 0 saturated carbocycles. The Labute approximate surface area is 133 Å². The highest BCUT2D eigenvalue weighted by Crippen LogP contribution is 2.39. The van der Waals surface area contributed by atoms with Crippen LogP contribution in [0.4, 0.5) is 10.2 Å². The van der Waals surface area contributed by atoms with E-state index in [0.29, 0.717) is 5.82 Å². The Balaban J connectivity index is 1.54. The Hall–Kier alpha value is -2.28. The van der Waals surface area contributed by atoms with E-state index in [-0.39, 0.29) is 17.3 Å². The zero-order valence-electron chi connectivity index (χ0n) is 12.7. The highest BCUT2D eigenvalue weighted by atomic mass is 19.1. The zero-order chi connectivity index (χ0) is 15.9. The third kappa shape index (κ3) is 2.31. The van der Waals surface area contributed by atoms with Gasteiger partial charge in [0.15, 0.2) is 17.5 Å². The Morgan fingerprint density at radius 1 is 1.26 bits per heavy atom. The van der Waals surface area contributed by atoms with E-state index >= 15 is 0 Å². The number of nitrogens with zero attached hydrogens (tertiary/aromatic N) is 4. The van der Waals surface area contributed by atoms with Crippen LogP contribution >= 0.6 is 0 Å². The van der Waals surface area contributed by atoms with Gasteiger partial charge in [-0.3, -0.25) is 9.69 Å². The lowest BCUT2D eigenvalue weighted by Crippen LogP contribution is -2.49.